The van der Waals surface area contributed by atoms with Crippen LogP contribution in [0.5, 0.6) is 0 Å². The first-order valence-electron chi connectivity index (χ1n) is 6.67. The number of benzene rings is 2. The number of carbonyl (C=O) groups is 1. The normalized spacial score (nSPS) is 10.5. The minimum Gasteiger partial charge on any atom is -0.381 e. The molecule has 0 unspecified atom stereocenters. The van der Waals surface area contributed by atoms with Crippen LogP contribution in [-0.4, -0.2) is 11.0 Å². The summed E-state index contributed by atoms with van der Waals surface area (Å²) in [5, 5.41) is 7.08. The lowest BCUT2D eigenvalue weighted by molar-refractivity contribution is 0.259. The Balaban J connectivity index is 1.70. The number of carbonyl (C=O) groups excluding carboxylic acids is 1. The lowest BCUT2D eigenvalue weighted by atomic mass is 10.1. The maximum atomic E-state index is 10.8. The summed E-state index contributed by atoms with van der Waals surface area (Å²) in [4.78, 5) is 14.0. The third-order valence-corrected chi connectivity index (χ3v) is 3.24. The molecule has 1 heterocycles. The van der Waals surface area contributed by atoms with Crippen molar-refractivity contribution in [1.29, 1.82) is 0 Å². The molecule has 0 aliphatic carbocycles. The van der Waals surface area contributed by atoms with Gasteiger partial charge in [0.25, 0.3) is 0 Å². The zero-order valence-electron chi connectivity index (χ0n) is 11.4. The Kier molecular flexibility index (Phi) is 3.47. The number of rotatable bonds is 4. The maximum absolute atomic E-state index is 10.8. The Hall–Kier alpha value is -2.95. The number of anilines is 2. The summed E-state index contributed by atoms with van der Waals surface area (Å²) in [6.07, 6.45) is 1.93. The van der Waals surface area contributed by atoms with Gasteiger partial charge in [-0.25, -0.2) is 4.79 Å². The van der Waals surface area contributed by atoms with Crippen LogP contribution >= 0.6 is 0 Å². The van der Waals surface area contributed by atoms with Crippen molar-refractivity contribution in [2.75, 3.05) is 10.6 Å². The molecule has 0 fully saturated rings. The van der Waals surface area contributed by atoms with Gasteiger partial charge in [0.05, 0.1) is 0 Å². The van der Waals surface area contributed by atoms with E-state index in [4.69, 9.17) is 5.73 Å². The van der Waals surface area contributed by atoms with Gasteiger partial charge in [0.2, 0.25) is 0 Å². The van der Waals surface area contributed by atoms with Crippen molar-refractivity contribution in [2.45, 2.75) is 6.54 Å². The van der Waals surface area contributed by atoms with E-state index >= 15 is 0 Å². The van der Waals surface area contributed by atoms with Crippen LogP contribution in [0, 0.1) is 0 Å². The van der Waals surface area contributed by atoms with E-state index in [9.17, 15) is 4.79 Å². The van der Waals surface area contributed by atoms with Crippen LogP contribution in [0.3, 0.4) is 0 Å². The summed E-state index contributed by atoms with van der Waals surface area (Å²) in [7, 11) is 0. The number of fused-ring (bicyclic) bond motifs is 1. The van der Waals surface area contributed by atoms with Gasteiger partial charge < -0.3 is 21.4 Å². The number of nitrogens with one attached hydrogen (secondary N) is 3. The van der Waals surface area contributed by atoms with Crippen LogP contribution in [0.25, 0.3) is 10.9 Å². The summed E-state index contributed by atoms with van der Waals surface area (Å²) >= 11 is 0. The monoisotopic (exact) mass is 280 g/mol. The van der Waals surface area contributed by atoms with Crippen molar-refractivity contribution in [3.8, 4) is 0 Å². The number of H-pyrrole nitrogens is 1. The SMILES string of the molecule is NC(=O)Nc1cccc(NCc2ccc3[nH]ccc3c2)c1. The van der Waals surface area contributed by atoms with E-state index < -0.39 is 6.03 Å². The van der Waals surface area contributed by atoms with Gasteiger partial charge >= 0.3 is 6.03 Å². The molecule has 2 amide bonds. The molecular weight excluding hydrogens is 264 g/mol. The Morgan fingerprint density at radius 2 is 1.95 bits per heavy atom. The van der Waals surface area contributed by atoms with Crippen LogP contribution < -0.4 is 16.4 Å². The van der Waals surface area contributed by atoms with Gasteiger partial charge in [-0.2, -0.15) is 0 Å². The van der Waals surface area contributed by atoms with Crippen molar-refractivity contribution in [1.82, 2.24) is 4.98 Å². The molecule has 5 nitrogen and oxygen atoms in total. The van der Waals surface area contributed by atoms with Crippen molar-refractivity contribution < 1.29 is 4.79 Å². The highest BCUT2D eigenvalue weighted by atomic mass is 16.2. The first-order chi connectivity index (χ1) is 10.2. The van der Waals surface area contributed by atoms with Crippen LogP contribution in [0.2, 0.25) is 0 Å². The molecule has 0 atom stereocenters. The van der Waals surface area contributed by atoms with Gasteiger partial charge in [0.15, 0.2) is 0 Å². The van der Waals surface area contributed by atoms with Gasteiger partial charge in [-0.15, -0.1) is 0 Å². The molecule has 5 N–H and O–H groups in total. The Bertz CT molecular complexity index is 779. The molecule has 1 aromatic heterocycles. The molecule has 106 valence electrons. The number of hydrogen-bond donors (Lipinski definition) is 4. The maximum Gasteiger partial charge on any atom is 0.316 e. The lowest BCUT2D eigenvalue weighted by Gasteiger charge is -2.09. The minimum absolute atomic E-state index is 0.565. The molecule has 2 aromatic carbocycles. The highest BCUT2D eigenvalue weighted by Gasteiger charge is 2.00. The van der Waals surface area contributed by atoms with Crippen LogP contribution in [-0.2, 0) is 6.54 Å². The predicted molar refractivity (Wildman–Crippen MR) is 85.3 cm³/mol. The minimum atomic E-state index is -0.565. The fourth-order valence-electron chi connectivity index (χ4n) is 2.27. The molecule has 0 aliphatic rings. The number of nitrogens with two attached hydrogens (primary N) is 1. The van der Waals surface area contributed by atoms with E-state index in [1.54, 1.807) is 6.07 Å². The average molecular weight is 280 g/mol. The van der Waals surface area contributed by atoms with E-state index in [0.717, 1.165) is 11.2 Å². The standard InChI is InChI=1S/C16H16N4O/c17-16(21)20-14-3-1-2-13(9-14)19-10-11-4-5-15-12(8-11)6-7-18-15/h1-9,18-19H,10H2,(H3,17,20,21). The number of primary amides is 1. The molecular formula is C16H16N4O. The van der Waals surface area contributed by atoms with Gasteiger partial charge in [-0.05, 0) is 47.3 Å². The molecule has 0 radical (unpaired) electrons. The molecule has 3 rings (SSSR count). The van der Waals surface area contributed by atoms with E-state index in [2.05, 4.69) is 39.9 Å². The zero-order chi connectivity index (χ0) is 14.7. The molecule has 0 aliphatic heterocycles. The largest absolute Gasteiger partial charge is 0.381 e. The summed E-state index contributed by atoms with van der Waals surface area (Å²) in [6, 6.07) is 15.2. The first kappa shape index (κ1) is 13.1. The predicted octanol–water partition coefficient (Wildman–Crippen LogP) is 3.27. The fourth-order valence-corrected chi connectivity index (χ4v) is 2.27. The summed E-state index contributed by atoms with van der Waals surface area (Å²) < 4.78 is 0. The Morgan fingerprint density at radius 1 is 1.10 bits per heavy atom. The molecule has 21 heavy (non-hydrogen) atoms. The molecule has 3 aromatic rings. The second kappa shape index (κ2) is 5.58. The highest BCUT2D eigenvalue weighted by molar-refractivity contribution is 5.88. The number of amides is 2. The van der Waals surface area contributed by atoms with E-state index in [1.807, 2.05) is 24.4 Å². The fraction of sp³-hybridized carbons (Fsp3) is 0.0625. The average Bonchev–Trinajstić information content (AvgIpc) is 2.92. The number of urea groups is 1. The third kappa shape index (κ3) is 3.14. The molecule has 0 spiro atoms. The van der Waals surface area contributed by atoms with Crippen LogP contribution in [0.4, 0.5) is 16.2 Å². The number of hydrogen-bond acceptors (Lipinski definition) is 2. The summed E-state index contributed by atoms with van der Waals surface area (Å²) in [6.45, 7) is 0.709. The topological polar surface area (TPSA) is 82.9 Å². The van der Waals surface area contributed by atoms with Gasteiger partial charge in [0.1, 0.15) is 0 Å². The van der Waals surface area contributed by atoms with Gasteiger partial charge in [-0.3, -0.25) is 0 Å². The van der Waals surface area contributed by atoms with Crippen LogP contribution in [0.1, 0.15) is 5.56 Å². The van der Waals surface area contributed by atoms with Crippen molar-refractivity contribution >= 4 is 28.3 Å². The molecule has 0 bridgehead atoms. The Labute approximate surface area is 122 Å². The molecule has 0 saturated carbocycles. The highest BCUT2D eigenvalue weighted by Crippen LogP contribution is 2.18. The number of aromatic amines is 1. The molecule has 5 heteroatoms. The molecule has 0 saturated heterocycles. The smallest absolute Gasteiger partial charge is 0.316 e. The van der Waals surface area contributed by atoms with E-state index in [1.165, 1.54) is 10.9 Å². The quantitative estimate of drug-likeness (QED) is 0.591. The van der Waals surface area contributed by atoms with Crippen molar-refractivity contribution in [2.24, 2.45) is 5.73 Å². The summed E-state index contributed by atoms with van der Waals surface area (Å²) in [5.41, 5.74) is 9.03. The lowest BCUT2D eigenvalue weighted by Crippen LogP contribution is -2.19. The van der Waals surface area contributed by atoms with Crippen molar-refractivity contribution in [3.05, 3.63) is 60.3 Å². The first-order valence-corrected chi connectivity index (χ1v) is 6.67. The van der Waals surface area contributed by atoms with E-state index in [0.29, 0.717) is 12.2 Å². The van der Waals surface area contributed by atoms with E-state index in [-0.39, 0.29) is 0 Å². The zero-order valence-corrected chi connectivity index (χ0v) is 11.4. The third-order valence-electron chi connectivity index (χ3n) is 3.24. The van der Waals surface area contributed by atoms with Crippen LogP contribution in [0.15, 0.2) is 54.7 Å². The number of aromatic nitrogens is 1. The second-order valence-electron chi connectivity index (χ2n) is 4.82. The van der Waals surface area contributed by atoms with Gasteiger partial charge in [0, 0.05) is 29.6 Å². The Morgan fingerprint density at radius 3 is 2.81 bits per heavy atom. The second-order valence-corrected chi connectivity index (χ2v) is 4.82. The van der Waals surface area contributed by atoms with Crippen molar-refractivity contribution in [3.63, 3.8) is 0 Å². The summed E-state index contributed by atoms with van der Waals surface area (Å²) in [5.74, 6) is 0. The van der Waals surface area contributed by atoms with Gasteiger partial charge in [-0.1, -0.05) is 12.1 Å².